The molecule has 1 atom stereocenters. The van der Waals surface area contributed by atoms with Crippen LogP contribution in [0.4, 0.5) is 13.2 Å². The number of nitrogens with one attached hydrogen (secondary N) is 1. The second-order valence-electron chi connectivity index (χ2n) is 5.43. The first-order valence-corrected chi connectivity index (χ1v) is 7.53. The largest absolute Gasteiger partial charge is 0.350 e. The first-order valence-electron chi connectivity index (χ1n) is 7.15. The summed E-state index contributed by atoms with van der Waals surface area (Å²) in [5.41, 5.74) is 0.237. The number of rotatable bonds is 5. The van der Waals surface area contributed by atoms with Crippen molar-refractivity contribution in [2.24, 2.45) is 0 Å². The Bertz CT molecular complexity index is 753. The molecule has 0 aliphatic rings. The van der Waals surface area contributed by atoms with E-state index in [0.29, 0.717) is 11.1 Å². The fraction of sp³-hybridized carbons (Fsp3) is 0.235. The molecule has 24 heavy (non-hydrogen) atoms. The van der Waals surface area contributed by atoms with Gasteiger partial charge in [0.15, 0.2) is 17.5 Å². The van der Waals surface area contributed by atoms with Crippen molar-refractivity contribution in [3.05, 3.63) is 70.0 Å². The normalized spacial score (nSPS) is 12.3. The smallest absolute Gasteiger partial charge is 0.254 e. The second-order valence-corrected chi connectivity index (χ2v) is 5.84. The van der Waals surface area contributed by atoms with Crippen molar-refractivity contribution in [1.29, 1.82) is 0 Å². The average Bonchev–Trinajstić information content (AvgIpc) is 2.54. The molecule has 0 fully saturated rings. The maximum Gasteiger partial charge on any atom is 0.254 e. The van der Waals surface area contributed by atoms with Crippen molar-refractivity contribution in [1.82, 2.24) is 10.2 Å². The highest BCUT2D eigenvalue weighted by molar-refractivity contribution is 6.31. The fourth-order valence-corrected chi connectivity index (χ4v) is 2.56. The summed E-state index contributed by atoms with van der Waals surface area (Å²) in [6, 6.07) is 8.49. The van der Waals surface area contributed by atoms with E-state index in [9.17, 15) is 18.0 Å². The Morgan fingerprint density at radius 3 is 2.42 bits per heavy atom. The van der Waals surface area contributed by atoms with Crippen LogP contribution in [0.5, 0.6) is 0 Å². The molecular weight excluding hydrogens is 341 g/mol. The van der Waals surface area contributed by atoms with Gasteiger partial charge in [0, 0.05) is 11.6 Å². The monoisotopic (exact) mass is 356 g/mol. The average molecular weight is 357 g/mol. The van der Waals surface area contributed by atoms with Crippen LogP contribution in [0, 0.1) is 17.5 Å². The molecule has 0 aliphatic carbocycles. The van der Waals surface area contributed by atoms with E-state index >= 15 is 0 Å². The van der Waals surface area contributed by atoms with Gasteiger partial charge < -0.3 is 10.2 Å². The molecule has 0 radical (unpaired) electrons. The van der Waals surface area contributed by atoms with Crippen LogP contribution >= 0.6 is 11.6 Å². The summed E-state index contributed by atoms with van der Waals surface area (Å²) >= 11 is 6.17. The molecule has 1 N–H and O–H groups in total. The van der Waals surface area contributed by atoms with Gasteiger partial charge in [0.25, 0.3) is 5.91 Å². The third kappa shape index (κ3) is 3.88. The maximum atomic E-state index is 13.7. The molecule has 2 rings (SSSR count). The second kappa shape index (κ2) is 7.68. The molecule has 2 aromatic rings. The molecule has 128 valence electrons. The van der Waals surface area contributed by atoms with Crippen LogP contribution in [0.25, 0.3) is 0 Å². The molecule has 0 spiro atoms. The number of amides is 1. The lowest BCUT2D eigenvalue weighted by Crippen LogP contribution is -2.35. The van der Waals surface area contributed by atoms with Crippen LogP contribution in [-0.2, 0) is 0 Å². The van der Waals surface area contributed by atoms with Gasteiger partial charge >= 0.3 is 0 Å². The van der Waals surface area contributed by atoms with Gasteiger partial charge in [-0.3, -0.25) is 4.79 Å². The summed E-state index contributed by atoms with van der Waals surface area (Å²) in [6.45, 7) is 0.119. The number of benzene rings is 2. The van der Waals surface area contributed by atoms with E-state index < -0.39 is 28.9 Å². The number of carbonyl (C=O) groups excluding carboxylic acids is 1. The van der Waals surface area contributed by atoms with E-state index in [4.69, 9.17) is 11.6 Å². The van der Waals surface area contributed by atoms with Crippen LogP contribution in [0.1, 0.15) is 22.0 Å². The van der Waals surface area contributed by atoms with E-state index in [-0.39, 0.29) is 12.6 Å². The predicted molar refractivity (Wildman–Crippen MR) is 86.5 cm³/mol. The Morgan fingerprint density at radius 2 is 1.79 bits per heavy atom. The van der Waals surface area contributed by atoms with E-state index in [1.165, 1.54) is 0 Å². The third-order valence-corrected chi connectivity index (χ3v) is 3.97. The van der Waals surface area contributed by atoms with E-state index in [2.05, 4.69) is 5.32 Å². The first-order chi connectivity index (χ1) is 11.3. The van der Waals surface area contributed by atoms with Gasteiger partial charge in [0.05, 0.1) is 11.6 Å². The minimum atomic E-state index is -1.67. The van der Waals surface area contributed by atoms with E-state index in [1.807, 2.05) is 17.0 Å². The highest BCUT2D eigenvalue weighted by atomic mass is 35.5. The molecule has 2 aromatic carbocycles. The summed E-state index contributed by atoms with van der Waals surface area (Å²) in [5.74, 6) is -5.35. The van der Waals surface area contributed by atoms with Gasteiger partial charge in [0.1, 0.15) is 0 Å². The van der Waals surface area contributed by atoms with Crippen molar-refractivity contribution < 1.29 is 18.0 Å². The Morgan fingerprint density at radius 1 is 1.12 bits per heavy atom. The third-order valence-electron chi connectivity index (χ3n) is 3.62. The van der Waals surface area contributed by atoms with E-state index in [0.717, 1.165) is 11.6 Å². The zero-order valence-electron chi connectivity index (χ0n) is 13.1. The molecule has 7 heteroatoms. The van der Waals surface area contributed by atoms with E-state index in [1.54, 1.807) is 26.2 Å². The van der Waals surface area contributed by atoms with Gasteiger partial charge in [-0.1, -0.05) is 29.8 Å². The number of hydrogen-bond acceptors (Lipinski definition) is 2. The molecule has 0 aromatic heterocycles. The number of halogens is 4. The van der Waals surface area contributed by atoms with Crippen molar-refractivity contribution >= 4 is 17.5 Å². The minimum absolute atomic E-state index is 0.119. The quantitative estimate of drug-likeness (QED) is 0.827. The lowest BCUT2D eigenvalue weighted by atomic mass is 10.1. The summed E-state index contributed by atoms with van der Waals surface area (Å²) in [6.07, 6.45) is 0. The molecular formula is C17H16ClF3N2O. The molecule has 0 bridgehead atoms. The van der Waals surface area contributed by atoms with Gasteiger partial charge in [-0.2, -0.15) is 0 Å². The van der Waals surface area contributed by atoms with Gasteiger partial charge in [-0.15, -0.1) is 0 Å². The molecule has 0 heterocycles. The molecule has 1 unspecified atom stereocenters. The standard InChI is InChI=1S/C17H16ClF3N2O/c1-23(2)14(10-5-3-4-6-12(10)18)9-22-17(24)11-7-8-13(19)16(21)15(11)20/h3-8,14H,9H2,1-2H3,(H,22,24). The number of hydrogen-bond donors (Lipinski definition) is 1. The zero-order valence-corrected chi connectivity index (χ0v) is 13.9. The van der Waals surface area contributed by atoms with Gasteiger partial charge in [0.2, 0.25) is 0 Å². The topological polar surface area (TPSA) is 32.3 Å². The zero-order chi connectivity index (χ0) is 17.9. The Kier molecular flexibility index (Phi) is 5.85. The first kappa shape index (κ1) is 18.3. The van der Waals surface area contributed by atoms with Crippen molar-refractivity contribution in [3.8, 4) is 0 Å². The summed E-state index contributed by atoms with van der Waals surface area (Å²) in [5, 5.41) is 3.06. The van der Waals surface area contributed by atoms with Crippen LogP contribution in [0.3, 0.4) is 0 Å². The molecule has 0 saturated carbocycles. The SMILES string of the molecule is CN(C)C(CNC(=O)c1ccc(F)c(F)c1F)c1ccccc1Cl. The number of carbonyl (C=O) groups is 1. The Labute approximate surface area is 143 Å². The molecule has 0 saturated heterocycles. The summed E-state index contributed by atoms with van der Waals surface area (Å²) in [7, 11) is 3.61. The summed E-state index contributed by atoms with van der Waals surface area (Å²) < 4.78 is 39.9. The fourth-order valence-electron chi connectivity index (χ4n) is 2.30. The summed E-state index contributed by atoms with van der Waals surface area (Å²) in [4.78, 5) is 13.9. The van der Waals surface area contributed by atoms with Crippen molar-refractivity contribution in [2.75, 3.05) is 20.6 Å². The number of likely N-dealkylation sites (N-methyl/N-ethyl adjacent to an activating group) is 1. The van der Waals surface area contributed by atoms with Crippen LogP contribution < -0.4 is 5.32 Å². The van der Waals surface area contributed by atoms with Crippen molar-refractivity contribution in [2.45, 2.75) is 6.04 Å². The molecule has 3 nitrogen and oxygen atoms in total. The highest BCUT2D eigenvalue weighted by Crippen LogP contribution is 2.25. The molecule has 1 amide bonds. The van der Waals surface area contributed by atoms with Crippen LogP contribution in [0.15, 0.2) is 36.4 Å². The number of nitrogens with zero attached hydrogens (tertiary/aromatic N) is 1. The van der Waals surface area contributed by atoms with Crippen LogP contribution in [-0.4, -0.2) is 31.4 Å². The van der Waals surface area contributed by atoms with Crippen LogP contribution in [0.2, 0.25) is 5.02 Å². The van der Waals surface area contributed by atoms with Gasteiger partial charge in [-0.05, 0) is 37.9 Å². The highest BCUT2D eigenvalue weighted by Gasteiger charge is 2.21. The van der Waals surface area contributed by atoms with Crippen molar-refractivity contribution in [3.63, 3.8) is 0 Å². The lowest BCUT2D eigenvalue weighted by Gasteiger charge is -2.26. The maximum absolute atomic E-state index is 13.7. The Hall–Kier alpha value is -2.05. The Balaban J connectivity index is 2.17. The lowest BCUT2D eigenvalue weighted by molar-refractivity contribution is 0.0936. The van der Waals surface area contributed by atoms with Gasteiger partial charge in [-0.25, -0.2) is 13.2 Å². The molecule has 0 aliphatic heterocycles. The minimum Gasteiger partial charge on any atom is -0.350 e. The predicted octanol–water partition coefficient (Wildman–Crippen LogP) is 3.79.